The minimum atomic E-state index is -1.02. The maximum Gasteiger partial charge on any atom is 0.413 e. The van der Waals surface area contributed by atoms with E-state index in [0.29, 0.717) is 102 Å². The molecule has 3 atom stereocenters. The first-order valence-electron chi connectivity index (χ1n) is 24.4. The molecule has 2 saturated heterocycles. The fraction of sp³-hybridized carbons (Fsp3) is 0.442. The Morgan fingerprint density at radius 1 is 0.843 bits per heavy atom. The molecule has 2 saturated carbocycles. The summed E-state index contributed by atoms with van der Waals surface area (Å²) in [6, 6.07) is 15.7. The number of hydrogen-bond acceptors (Lipinski definition) is 13. The summed E-state index contributed by atoms with van der Waals surface area (Å²) in [5.74, 6) is 3.16. The first-order valence-corrected chi connectivity index (χ1v) is 24.4. The highest BCUT2D eigenvalue weighted by Crippen LogP contribution is 2.49. The fourth-order valence-corrected chi connectivity index (χ4v) is 10.7. The number of hydrogen-bond donors (Lipinski definition) is 2. The molecule has 0 radical (unpaired) electrons. The molecule has 5 aromatic rings. The average molecular weight is 953 g/mol. The first-order chi connectivity index (χ1) is 34.2. The van der Waals surface area contributed by atoms with Gasteiger partial charge in [-0.1, -0.05) is 25.0 Å². The molecule has 4 fully saturated rings. The van der Waals surface area contributed by atoms with Crippen molar-refractivity contribution in [2.75, 3.05) is 52.2 Å². The van der Waals surface area contributed by atoms with Crippen molar-refractivity contribution in [2.24, 2.45) is 22.9 Å². The average Bonchev–Trinajstić information content (AvgIpc) is 3.68. The molecule has 0 bridgehead atoms. The monoisotopic (exact) mass is 952 g/mol. The van der Waals surface area contributed by atoms with Crippen molar-refractivity contribution >= 4 is 46.2 Å². The SMILES string of the molecule is COc1ccc(C2=NN(C3CCN(C(=O)[C@@H](Cc4ccc(N5CCCC5=O)cc4)NC(=O)Oc4c[nH]c5c(-c6c(OCC7CC7)ccc7c6OCO7)ncnc45)CC3)C(=O)[C@@H]3CCCC[C@H]23)cc1OC. The molecule has 2 aromatic heterocycles. The smallest absolute Gasteiger partial charge is 0.413 e. The summed E-state index contributed by atoms with van der Waals surface area (Å²) in [6.45, 7) is 1.96. The lowest BCUT2D eigenvalue weighted by Gasteiger charge is -2.43. The highest BCUT2D eigenvalue weighted by Gasteiger charge is 2.44. The summed E-state index contributed by atoms with van der Waals surface area (Å²) in [5, 5.41) is 9.67. The number of aromatic nitrogens is 3. The number of fused-ring (bicyclic) bond motifs is 3. The molecule has 2 N–H and O–H groups in total. The number of anilines is 1. The predicted octanol–water partition coefficient (Wildman–Crippen LogP) is 7.03. The number of nitrogens with one attached hydrogen (secondary N) is 2. The van der Waals surface area contributed by atoms with Crippen molar-refractivity contribution in [1.82, 2.24) is 30.2 Å². The summed E-state index contributed by atoms with van der Waals surface area (Å²) in [7, 11) is 3.21. The van der Waals surface area contributed by atoms with Gasteiger partial charge in [0, 0.05) is 61.8 Å². The van der Waals surface area contributed by atoms with E-state index in [4.69, 9.17) is 33.5 Å². The Balaban J connectivity index is 0.828. The number of benzene rings is 3. The number of carbonyl (C=O) groups excluding carboxylic acids is 4. The number of amides is 4. The minimum Gasteiger partial charge on any atom is -0.493 e. The van der Waals surface area contributed by atoms with Crippen LogP contribution in [-0.2, 0) is 20.8 Å². The van der Waals surface area contributed by atoms with E-state index in [-0.39, 0.29) is 54.6 Å². The standard InChI is InChI=1S/C52H56N8O10/c1-65-38-16-13-32(25-41(38)66-2)45-35-6-3-4-7-36(35)50(62)60(57-45)34-19-22-58(23-20-34)51(63)37(24-30-11-14-33(15-12-30)59-21-5-8-43(59)61)56-52(64)70-42-26-53-48-46(42)54-28-55-47(48)44-39(67-27-31-9-10-31)17-18-40-49(44)69-29-68-40/h11-18,25-26,28,31,34-37,53H,3-10,19-24,27,29H2,1-2H3,(H,56,64)/t35-,36+,37+/m0/s1. The number of ether oxygens (including phenoxy) is 6. The summed E-state index contributed by atoms with van der Waals surface area (Å²) in [5.41, 5.74) is 5.25. The van der Waals surface area contributed by atoms with Gasteiger partial charge in [0.25, 0.3) is 0 Å². The van der Waals surface area contributed by atoms with Crippen LogP contribution in [0.3, 0.4) is 0 Å². The molecule has 364 valence electrons. The van der Waals surface area contributed by atoms with Gasteiger partial charge in [-0.2, -0.15) is 5.10 Å². The molecule has 4 amide bonds. The van der Waals surface area contributed by atoms with Gasteiger partial charge in [-0.15, -0.1) is 0 Å². The van der Waals surface area contributed by atoms with Crippen LogP contribution in [0.5, 0.6) is 34.5 Å². The van der Waals surface area contributed by atoms with E-state index in [1.165, 1.54) is 12.5 Å². The third kappa shape index (κ3) is 8.79. The number of H-pyrrole nitrogens is 1. The van der Waals surface area contributed by atoms with E-state index in [0.717, 1.165) is 67.5 Å². The van der Waals surface area contributed by atoms with Gasteiger partial charge >= 0.3 is 6.09 Å². The molecule has 6 aliphatic rings. The zero-order chi connectivity index (χ0) is 47.9. The number of methoxy groups -OCH3 is 2. The Kier molecular flexibility index (Phi) is 12.4. The number of piperidine rings is 1. The van der Waals surface area contributed by atoms with Crippen molar-refractivity contribution in [3.63, 3.8) is 0 Å². The third-order valence-electron chi connectivity index (χ3n) is 14.6. The molecule has 6 heterocycles. The highest BCUT2D eigenvalue weighted by atomic mass is 16.7. The van der Waals surface area contributed by atoms with Crippen LogP contribution in [0, 0.1) is 17.8 Å². The third-order valence-corrected chi connectivity index (χ3v) is 14.6. The van der Waals surface area contributed by atoms with Gasteiger partial charge in [-0.25, -0.2) is 19.8 Å². The van der Waals surface area contributed by atoms with Crippen LogP contribution < -0.4 is 38.6 Å². The number of likely N-dealkylation sites (tertiary alicyclic amines) is 1. The molecular formula is C52H56N8O10. The summed E-state index contributed by atoms with van der Waals surface area (Å²) < 4.78 is 35.0. The van der Waals surface area contributed by atoms with Crippen LogP contribution in [0.15, 0.2) is 72.2 Å². The number of nitrogens with zero attached hydrogens (tertiary/aromatic N) is 6. The molecule has 3 aromatic carbocycles. The molecule has 11 rings (SSSR count). The number of aromatic amines is 1. The fourth-order valence-electron chi connectivity index (χ4n) is 10.7. The Bertz CT molecular complexity index is 2860. The van der Waals surface area contributed by atoms with Crippen LogP contribution in [0.1, 0.15) is 75.3 Å². The molecule has 0 spiro atoms. The van der Waals surface area contributed by atoms with E-state index < -0.39 is 12.1 Å². The summed E-state index contributed by atoms with van der Waals surface area (Å²) in [6.07, 6.45) is 10.5. The summed E-state index contributed by atoms with van der Waals surface area (Å²) >= 11 is 0. The summed E-state index contributed by atoms with van der Waals surface area (Å²) in [4.78, 5) is 71.3. The van der Waals surface area contributed by atoms with Gasteiger partial charge in [-0.3, -0.25) is 14.4 Å². The Labute approximate surface area is 404 Å². The van der Waals surface area contributed by atoms with Crippen molar-refractivity contribution < 1.29 is 47.6 Å². The lowest BCUT2D eigenvalue weighted by Crippen LogP contribution is -2.56. The van der Waals surface area contributed by atoms with Crippen LogP contribution in [0.25, 0.3) is 22.3 Å². The van der Waals surface area contributed by atoms with E-state index in [1.54, 1.807) is 29.0 Å². The van der Waals surface area contributed by atoms with Crippen molar-refractivity contribution in [1.29, 1.82) is 0 Å². The first kappa shape index (κ1) is 45.1. The normalized spacial score (nSPS) is 20.5. The maximum atomic E-state index is 14.7. The van der Waals surface area contributed by atoms with E-state index in [2.05, 4.69) is 20.3 Å². The van der Waals surface area contributed by atoms with Gasteiger partial charge in [0.1, 0.15) is 29.3 Å². The minimum absolute atomic E-state index is 0.00534. The van der Waals surface area contributed by atoms with E-state index in [9.17, 15) is 19.2 Å². The molecule has 0 unspecified atom stereocenters. The van der Waals surface area contributed by atoms with Crippen LogP contribution in [0.2, 0.25) is 0 Å². The Morgan fingerprint density at radius 3 is 2.39 bits per heavy atom. The van der Waals surface area contributed by atoms with Gasteiger partial charge in [-0.05, 0) is 98.9 Å². The second kappa shape index (κ2) is 19.2. The molecule has 70 heavy (non-hydrogen) atoms. The lowest BCUT2D eigenvalue weighted by molar-refractivity contribution is -0.143. The molecular weight excluding hydrogens is 897 g/mol. The molecule has 2 aliphatic carbocycles. The maximum absolute atomic E-state index is 14.7. The van der Waals surface area contributed by atoms with Gasteiger partial charge in [0.2, 0.25) is 24.5 Å². The number of hydrazone groups is 1. The van der Waals surface area contributed by atoms with E-state index in [1.807, 2.05) is 54.6 Å². The topological polar surface area (TPSA) is 199 Å². The van der Waals surface area contributed by atoms with Gasteiger partial charge in [0.15, 0.2) is 28.7 Å². The highest BCUT2D eigenvalue weighted by molar-refractivity contribution is 6.07. The molecule has 18 heteroatoms. The van der Waals surface area contributed by atoms with Gasteiger partial charge < -0.3 is 48.5 Å². The zero-order valence-electron chi connectivity index (χ0n) is 39.3. The Hall–Kier alpha value is -7.37. The quantitative estimate of drug-likeness (QED) is 0.115. The van der Waals surface area contributed by atoms with Crippen LogP contribution >= 0.6 is 0 Å². The second-order valence-electron chi connectivity index (χ2n) is 18.9. The van der Waals surface area contributed by atoms with Crippen LogP contribution in [-0.4, -0.2) is 114 Å². The lowest BCUT2D eigenvalue weighted by atomic mass is 9.73. The van der Waals surface area contributed by atoms with E-state index >= 15 is 0 Å². The molecule has 4 aliphatic heterocycles. The Morgan fingerprint density at radius 2 is 1.63 bits per heavy atom. The number of carbonyl (C=O) groups is 4. The molecule has 18 nitrogen and oxygen atoms in total. The van der Waals surface area contributed by atoms with Crippen molar-refractivity contribution in [3.05, 3.63) is 78.2 Å². The van der Waals surface area contributed by atoms with Gasteiger partial charge in [0.05, 0.1) is 43.7 Å². The van der Waals surface area contributed by atoms with Crippen molar-refractivity contribution in [3.8, 4) is 45.8 Å². The largest absolute Gasteiger partial charge is 0.493 e. The second-order valence-corrected chi connectivity index (χ2v) is 18.9. The van der Waals surface area contributed by atoms with Crippen LogP contribution in [0.4, 0.5) is 10.5 Å². The predicted molar refractivity (Wildman–Crippen MR) is 256 cm³/mol. The number of rotatable bonds is 14. The van der Waals surface area contributed by atoms with Crippen molar-refractivity contribution in [2.45, 2.75) is 82.7 Å². The zero-order valence-corrected chi connectivity index (χ0v) is 39.3.